The van der Waals surface area contributed by atoms with Crippen LogP contribution in [0.3, 0.4) is 0 Å². The molecule has 1 aliphatic rings. The van der Waals surface area contributed by atoms with E-state index in [0.29, 0.717) is 0 Å². The van der Waals surface area contributed by atoms with Crippen molar-refractivity contribution in [1.82, 2.24) is 15.6 Å². The first-order valence-electron chi connectivity index (χ1n) is 9.47. The van der Waals surface area contributed by atoms with Gasteiger partial charge >= 0.3 is 0 Å². The van der Waals surface area contributed by atoms with Crippen LogP contribution in [0, 0.1) is 0 Å². The van der Waals surface area contributed by atoms with Crippen LogP contribution in [0.2, 0.25) is 0 Å². The summed E-state index contributed by atoms with van der Waals surface area (Å²) in [5.41, 5.74) is 3.83. The second-order valence-corrected chi connectivity index (χ2v) is 6.77. The van der Waals surface area contributed by atoms with Gasteiger partial charge in [0.05, 0.1) is 6.04 Å². The van der Waals surface area contributed by atoms with E-state index in [4.69, 9.17) is 0 Å². The summed E-state index contributed by atoms with van der Waals surface area (Å²) in [6.45, 7) is 5.34. The molecule has 5 nitrogen and oxygen atoms in total. The fraction of sp³-hybridized carbons (Fsp3) is 0.429. The molecule has 1 fully saturated rings. The Bertz CT molecular complexity index is 707. The Morgan fingerprint density at radius 3 is 2.81 bits per heavy atom. The van der Waals surface area contributed by atoms with Crippen LogP contribution in [-0.2, 0) is 6.42 Å². The van der Waals surface area contributed by atoms with Crippen LogP contribution in [0.1, 0.15) is 36.9 Å². The molecule has 0 amide bonds. The van der Waals surface area contributed by atoms with Gasteiger partial charge in [-0.2, -0.15) is 0 Å². The molecule has 3 rings (SSSR count). The van der Waals surface area contributed by atoms with Crippen LogP contribution in [-0.4, -0.2) is 37.6 Å². The van der Waals surface area contributed by atoms with E-state index >= 15 is 0 Å². The first-order valence-corrected chi connectivity index (χ1v) is 9.47. The number of hydrogen-bond acceptors (Lipinski definition) is 3. The largest absolute Gasteiger partial charge is 0.372 e. The maximum absolute atomic E-state index is 4.35. The summed E-state index contributed by atoms with van der Waals surface area (Å²) in [7, 11) is 1.81. The van der Waals surface area contributed by atoms with Gasteiger partial charge in [-0.1, -0.05) is 18.2 Å². The van der Waals surface area contributed by atoms with Crippen molar-refractivity contribution in [3.8, 4) is 0 Å². The van der Waals surface area contributed by atoms with Crippen molar-refractivity contribution in [3.05, 3.63) is 59.9 Å². The monoisotopic (exact) mass is 351 g/mol. The van der Waals surface area contributed by atoms with Crippen molar-refractivity contribution in [2.24, 2.45) is 4.99 Å². The van der Waals surface area contributed by atoms with E-state index in [0.717, 1.165) is 18.9 Å². The quantitative estimate of drug-likeness (QED) is 0.620. The zero-order chi connectivity index (χ0) is 18.2. The molecule has 26 heavy (non-hydrogen) atoms. The van der Waals surface area contributed by atoms with Crippen LogP contribution in [0.25, 0.3) is 0 Å². The van der Waals surface area contributed by atoms with Crippen LogP contribution in [0.4, 0.5) is 5.69 Å². The van der Waals surface area contributed by atoms with Crippen molar-refractivity contribution in [2.45, 2.75) is 32.2 Å². The molecule has 0 radical (unpaired) electrons. The second-order valence-electron chi connectivity index (χ2n) is 6.77. The van der Waals surface area contributed by atoms with E-state index in [1.807, 2.05) is 19.3 Å². The van der Waals surface area contributed by atoms with E-state index in [9.17, 15) is 0 Å². The fourth-order valence-corrected chi connectivity index (χ4v) is 3.32. The molecule has 0 saturated carbocycles. The molecule has 1 aromatic carbocycles. The van der Waals surface area contributed by atoms with Gasteiger partial charge in [-0.05, 0) is 55.5 Å². The lowest BCUT2D eigenvalue weighted by Crippen LogP contribution is -2.39. The van der Waals surface area contributed by atoms with Gasteiger partial charge in [-0.25, -0.2) is 0 Å². The Hall–Kier alpha value is -2.56. The molecule has 0 aliphatic carbocycles. The van der Waals surface area contributed by atoms with Crippen LogP contribution >= 0.6 is 0 Å². The summed E-state index contributed by atoms with van der Waals surface area (Å²) < 4.78 is 0. The molecular weight excluding hydrogens is 322 g/mol. The van der Waals surface area contributed by atoms with Gasteiger partial charge in [0.1, 0.15) is 0 Å². The number of aromatic nitrogens is 1. The lowest BCUT2D eigenvalue weighted by Gasteiger charge is -2.22. The zero-order valence-electron chi connectivity index (χ0n) is 15.8. The van der Waals surface area contributed by atoms with Gasteiger partial charge in [0.2, 0.25) is 0 Å². The molecule has 0 bridgehead atoms. The first-order chi connectivity index (χ1) is 12.8. The number of benzene rings is 1. The topological polar surface area (TPSA) is 52.6 Å². The molecule has 1 aromatic heterocycles. The van der Waals surface area contributed by atoms with Gasteiger partial charge in [0.25, 0.3) is 0 Å². The molecular formula is C21H29N5. The molecule has 0 spiro atoms. The fourth-order valence-electron chi connectivity index (χ4n) is 3.32. The number of pyridine rings is 1. The normalized spacial score (nSPS) is 15.8. The third kappa shape index (κ3) is 4.97. The third-order valence-electron chi connectivity index (χ3n) is 4.85. The van der Waals surface area contributed by atoms with E-state index in [1.165, 1.54) is 42.7 Å². The molecule has 2 aromatic rings. The predicted octanol–water partition coefficient (Wildman–Crippen LogP) is 3.15. The molecule has 5 heteroatoms. The maximum atomic E-state index is 4.35. The number of hydrogen-bond donors (Lipinski definition) is 2. The Morgan fingerprint density at radius 1 is 1.23 bits per heavy atom. The highest BCUT2D eigenvalue weighted by Crippen LogP contribution is 2.23. The van der Waals surface area contributed by atoms with Crippen LogP contribution in [0.15, 0.2) is 53.8 Å². The SMILES string of the molecule is CN=C(NCCc1cccnc1)NC(C)c1cccc(N2CCCC2)c1. The molecule has 1 aliphatic heterocycles. The highest BCUT2D eigenvalue weighted by atomic mass is 15.2. The average Bonchev–Trinajstić information content (AvgIpc) is 3.23. The standard InChI is InChI=1S/C21H29N5/c1-17(19-8-5-9-20(15-19)26-13-3-4-14-26)25-21(22-2)24-12-10-18-7-6-11-23-16-18/h5-9,11,15-17H,3-4,10,12-14H2,1-2H3,(H2,22,24,25). The zero-order valence-corrected chi connectivity index (χ0v) is 15.8. The summed E-state index contributed by atoms with van der Waals surface area (Å²) in [5, 5.41) is 6.88. The van der Waals surface area contributed by atoms with Gasteiger partial charge < -0.3 is 15.5 Å². The van der Waals surface area contributed by atoms with Gasteiger partial charge in [0, 0.05) is 44.8 Å². The predicted molar refractivity (Wildman–Crippen MR) is 109 cm³/mol. The molecule has 2 N–H and O–H groups in total. The molecule has 2 heterocycles. The van der Waals surface area contributed by atoms with Crippen LogP contribution < -0.4 is 15.5 Å². The first kappa shape index (κ1) is 18.2. The van der Waals surface area contributed by atoms with Crippen molar-refractivity contribution < 1.29 is 0 Å². The Balaban J connectivity index is 1.53. The molecule has 138 valence electrons. The molecule has 1 atom stereocenters. The van der Waals surface area contributed by atoms with E-state index in [2.05, 4.69) is 62.8 Å². The van der Waals surface area contributed by atoms with E-state index in [1.54, 1.807) is 6.20 Å². The lowest BCUT2D eigenvalue weighted by molar-refractivity contribution is 0.684. The Labute approximate surface area is 156 Å². The van der Waals surface area contributed by atoms with Gasteiger partial charge in [-0.3, -0.25) is 9.98 Å². The van der Waals surface area contributed by atoms with E-state index < -0.39 is 0 Å². The van der Waals surface area contributed by atoms with E-state index in [-0.39, 0.29) is 6.04 Å². The number of nitrogens with one attached hydrogen (secondary N) is 2. The van der Waals surface area contributed by atoms with Crippen molar-refractivity contribution in [2.75, 3.05) is 31.6 Å². The lowest BCUT2D eigenvalue weighted by atomic mass is 10.1. The Kier molecular flexibility index (Phi) is 6.47. The highest BCUT2D eigenvalue weighted by molar-refractivity contribution is 5.80. The highest BCUT2D eigenvalue weighted by Gasteiger charge is 2.14. The summed E-state index contributed by atoms with van der Waals surface area (Å²) in [5.74, 6) is 0.827. The number of anilines is 1. The minimum atomic E-state index is 0.196. The number of rotatable bonds is 6. The summed E-state index contributed by atoms with van der Waals surface area (Å²) >= 11 is 0. The number of guanidine groups is 1. The summed E-state index contributed by atoms with van der Waals surface area (Å²) in [6, 6.07) is 13.1. The molecule has 1 unspecified atom stereocenters. The maximum Gasteiger partial charge on any atom is 0.191 e. The number of nitrogens with zero attached hydrogens (tertiary/aromatic N) is 3. The summed E-state index contributed by atoms with van der Waals surface area (Å²) in [6.07, 6.45) is 7.23. The minimum absolute atomic E-state index is 0.196. The van der Waals surface area contributed by atoms with Crippen molar-refractivity contribution in [1.29, 1.82) is 0 Å². The van der Waals surface area contributed by atoms with Crippen LogP contribution in [0.5, 0.6) is 0 Å². The third-order valence-corrected chi connectivity index (χ3v) is 4.85. The van der Waals surface area contributed by atoms with Gasteiger partial charge in [0.15, 0.2) is 5.96 Å². The van der Waals surface area contributed by atoms with Crippen molar-refractivity contribution in [3.63, 3.8) is 0 Å². The minimum Gasteiger partial charge on any atom is -0.372 e. The smallest absolute Gasteiger partial charge is 0.191 e. The average molecular weight is 351 g/mol. The molecule has 1 saturated heterocycles. The van der Waals surface area contributed by atoms with Crippen molar-refractivity contribution >= 4 is 11.6 Å². The second kappa shape index (κ2) is 9.22. The Morgan fingerprint density at radius 2 is 2.08 bits per heavy atom. The summed E-state index contributed by atoms with van der Waals surface area (Å²) in [4.78, 5) is 11.0. The number of aliphatic imine (C=N–C) groups is 1. The van der Waals surface area contributed by atoms with Gasteiger partial charge in [-0.15, -0.1) is 0 Å².